The number of hydrogen-bond acceptors (Lipinski definition) is 2. The Kier molecular flexibility index (Phi) is 4.71. The highest BCUT2D eigenvalue weighted by molar-refractivity contribution is 9.10. The molecule has 1 atom stereocenters. The fourth-order valence-corrected chi connectivity index (χ4v) is 2.71. The number of hydrogen-bond donors (Lipinski definition) is 2. The summed E-state index contributed by atoms with van der Waals surface area (Å²) in [5.74, 6) is -1.52. The van der Waals surface area contributed by atoms with Crippen molar-refractivity contribution in [2.24, 2.45) is 7.05 Å². The molecule has 0 spiro atoms. The zero-order chi connectivity index (χ0) is 16.4. The van der Waals surface area contributed by atoms with E-state index in [1.54, 1.807) is 36.0 Å². The fourth-order valence-electron chi connectivity index (χ4n) is 2.19. The lowest BCUT2D eigenvalue weighted by atomic mass is 10.0. The van der Waals surface area contributed by atoms with E-state index in [2.05, 4.69) is 21.2 Å². The molecule has 0 saturated heterocycles. The molecule has 0 aliphatic heterocycles. The van der Waals surface area contributed by atoms with Crippen LogP contribution in [-0.2, 0) is 11.8 Å². The van der Waals surface area contributed by atoms with E-state index in [-0.39, 0.29) is 0 Å². The Morgan fingerprint density at radius 1 is 1.23 bits per heavy atom. The number of halogens is 1. The normalized spacial score (nSPS) is 12.0. The first-order valence-electron chi connectivity index (χ1n) is 6.72. The number of carbonyl (C=O) groups is 2. The second-order valence-electron chi connectivity index (χ2n) is 5.24. The lowest BCUT2D eigenvalue weighted by Crippen LogP contribution is -2.34. The number of aromatic nitrogens is 1. The minimum absolute atomic E-state index is 0.391. The van der Waals surface area contributed by atoms with Crippen LogP contribution >= 0.6 is 15.9 Å². The summed E-state index contributed by atoms with van der Waals surface area (Å²) in [6, 6.07) is 5.93. The number of amides is 1. The number of benzene rings is 1. The third-order valence-corrected chi connectivity index (χ3v) is 4.02. The van der Waals surface area contributed by atoms with Gasteiger partial charge in [-0.2, -0.15) is 0 Å². The van der Waals surface area contributed by atoms with Gasteiger partial charge in [0.1, 0.15) is 5.69 Å². The Labute approximate surface area is 137 Å². The summed E-state index contributed by atoms with van der Waals surface area (Å²) in [5.41, 5.74) is 3.00. The molecule has 1 unspecified atom stereocenters. The van der Waals surface area contributed by atoms with Crippen molar-refractivity contribution in [3.63, 3.8) is 0 Å². The van der Waals surface area contributed by atoms with Crippen LogP contribution in [0.1, 0.15) is 33.2 Å². The number of carbonyl (C=O) groups excluding carboxylic acids is 1. The van der Waals surface area contributed by atoms with Crippen LogP contribution in [0.3, 0.4) is 0 Å². The molecule has 0 saturated carbocycles. The average Bonchev–Trinajstić information content (AvgIpc) is 2.78. The van der Waals surface area contributed by atoms with Gasteiger partial charge in [0.05, 0.1) is 0 Å². The molecule has 22 heavy (non-hydrogen) atoms. The number of carboxylic acid groups (broad SMARTS) is 1. The Morgan fingerprint density at radius 3 is 2.41 bits per heavy atom. The van der Waals surface area contributed by atoms with Crippen molar-refractivity contribution >= 4 is 27.8 Å². The first-order chi connectivity index (χ1) is 10.3. The number of carboxylic acids is 1. The van der Waals surface area contributed by atoms with Gasteiger partial charge in [-0.25, -0.2) is 4.79 Å². The van der Waals surface area contributed by atoms with Gasteiger partial charge < -0.3 is 15.0 Å². The van der Waals surface area contributed by atoms with Crippen LogP contribution in [0, 0.1) is 13.8 Å². The Morgan fingerprint density at radius 2 is 1.91 bits per heavy atom. The summed E-state index contributed by atoms with van der Waals surface area (Å²) in [6.45, 7) is 3.86. The van der Waals surface area contributed by atoms with Gasteiger partial charge >= 0.3 is 5.97 Å². The lowest BCUT2D eigenvalue weighted by Gasteiger charge is -2.16. The van der Waals surface area contributed by atoms with E-state index in [9.17, 15) is 14.7 Å². The average molecular weight is 365 g/mol. The number of nitrogens with zero attached hydrogens (tertiary/aromatic N) is 1. The third-order valence-electron chi connectivity index (χ3n) is 3.59. The monoisotopic (exact) mass is 364 g/mol. The van der Waals surface area contributed by atoms with E-state index in [1.807, 2.05) is 19.9 Å². The summed E-state index contributed by atoms with van der Waals surface area (Å²) >= 11 is 3.29. The Bertz CT molecular complexity index is 737. The van der Waals surface area contributed by atoms with Crippen molar-refractivity contribution in [1.29, 1.82) is 0 Å². The highest BCUT2D eigenvalue weighted by Gasteiger charge is 2.24. The highest BCUT2D eigenvalue weighted by atomic mass is 79.9. The van der Waals surface area contributed by atoms with Crippen molar-refractivity contribution in [2.45, 2.75) is 19.9 Å². The van der Waals surface area contributed by atoms with Crippen LogP contribution in [-0.4, -0.2) is 21.6 Å². The smallest absolute Gasteiger partial charge is 0.330 e. The molecule has 2 rings (SSSR count). The molecule has 0 bridgehead atoms. The third kappa shape index (κ3) is 3.39. The predicted octanol–water partition coefficient (Wildman–Crippen LogP) is 2.96. The predicted molar refractivity (Wildman–Crippen MR) is 86.9 cm³/mol. The first-order valence-corrected chi connectivity index (χ1v) is 7.51. The first kappa shape index (κ1) is 16.3. The summed E-state index contributed by atoms with van der Waals surface area (Å²) in [7, 11) is 1.73. The topological polar surface area (TPSA) is 71.3 Å². The summed E-state index contributed by atoms with van der Waals surface area (Å²) in [6.07, 6.45) is 1.74. The lowest BCUT2D eigenvalue weighted by molar-refractivity contribution is -0.139. The van der Waals surface area contributed by atoms with Gasteiger partial charge in [0, 0.05) is 17.7 Å². The summed E-state index contributed by atoms with van der Waals surface area (Å²) in [4.78, 5) is 23.8. The van der Waals surface area contributed by atoms with Gasteiger partial charge in [-0.15, -0.1) is 0 Å². The van der Waals surface area contributed by atoms with E-state index in [4.69, 9.17) is 0 Å². The molecule has 116 valence electrons. The van der Waals surface area contributed by atoms with Gasteiger partial charge in [0.25, 0.3) is 5.91 Å². The summed E-state index contributed by atoms with van der Waals surface area (Å²) in [5, 5.41) is 12.0. The maximum atomic E-state index is 12.3. The molecule has 2 N–H and O–H groups in total. The molecule has 0 fully saturated rings. The van der Waals surface area contributed by atoms with E-state index < -0.39 is 17.9 Å². The van der Waals surface area contributed by atoms with Crippen LogP contribution < -0.4 is 5.32 Å². The second-order valence-corrected chi connectivity index (χ2v) is 6.16. The Hall–Kier alpha value is -2.08. The molecule has 0 aliphatic rings. The molecular formula is C16H17BrN2O3. The van der Waals surface area contributed by atoms with Gasteiger partial charge in [-0.1, -0.05) is 18.2 Å². The second kappa shape index (κ2) is 6.36. The molecule has 0 aliphatic carbocycles. The summed E-state index contributed by atoms with van der Waals surface area (Å²) < 4.78 is 2.40. The Balaban J connectivity index is 2.29. The van der Waals surface area contributed by atoms with E-state index >= 15 is 0 Å². The van der Waals surface area contributed by atoms with Crippen molar-refractivity contribution < 1.29 is 14.7 Å². The van der Waals surface area contributed by atoms with Crippen LogP contribution in [0.2, 0.25) is 0 Å². The fraction of sp³-hybridized carbons (Fsp3) is 0.250. The van der Waals surface area contributed by atoms with Gasteiger partial charge in [-0.05, 0) is 52.5 Å². The molecule has 1 aromatic carbocycles. The van der Waals surface area contributed by atoms with Crippen LogP contribution in [0.15, 0.2) is 34.9 Å². The van der Waals surface area contributed by atoms with Crippen LogP contribution in [0.4, 0.5) is 0 Å². The molecular weight excluding hydrogens is 348 g/mol. The number of nitrogens with one attached hydrogen (secondary N) is 1. The van der Waals surface area contributed by atoms with Gasteiger partial charge in [0.15, 0.2) is 6.04 Å². The van der Waals surface area contributed by atoms with Crippen molar-refractivity contribution in [3.8, 4) is 0 Å². The van der Waals surface area contributed by atoms with Crippen molar-refractivity contribution in [3.05, 3.63) is 57.3 Å². The molecule has 1 heterocycles. The largest absolute Gasteiger partial charge is 0.479 e. The molecule has 6 heteroatoms. The molecule has 1 aromatic heterocycles. The van der Waals surface area contributed by atoms with E-state index in [0.29, 0.717) is 11.3 Å². The van der Waals surface area contributed by atoms with Gasteiger partial charge in [-0.3, -0.25) is 4.79 Å². The quantitative estimate of drug-likeness (QED) is 0.875. The number of aryl methyl sites for hydroxylation is 3. The number of aliphatic carboxylic acids is 1. The molecule has 5 nitrogen and oxygen atoms in total. The van der Waals surface area contributed by atoms with Crippen LogP contribution in [0.25, 0.3) is 0 Å². The molecule has 1 amide bonds. The van der Waals surface area contributed by atoms with Crippen molar-refractivity contribution in [1.82, 2.24) is 9.88 Å². The molecule has 0 radical (unpaired) electrons. The highest BCUT2D eigenvalue weighted by Crippen LogP contribution is 2.19. The maximum Gasteiger partial charge on any atom is 0.330 e. The zero-order valence-electron chi connectivity index (χ0n) is 12.6. The minimum atomic E-state index is -1.09. The van der Waals surface area contributed by atoms with Crippen LogP contribution in [0.5, 0.6) is 0 Å². The standard InChI is InChI=1S/C16H17BrN2O3/c1-9-4-5-11(6-10(9)2)14(16(21)22)18-15(20)13-7-12(17)8-19(13)3/h4-8,14H,1-3H3,(H,18,20)(H,21,22). The van der Waals surface area contributed by atoms with E-state index in [0.717, 1.165) is 15.6 Å². The SMILES string of the molecule is Cc1ccc(C(NC(=O)c2cc(Br)cn2C)C(=O)O)cc1C. The zero-order valence-corrected chi connectivity index (χ0v) is 14.1. The van der Waals surface area contributed by atoms with E-state index in [1.165, 1.54) is 0 Å². The minimum Gasteiger partial charge on any atom is -0.479 e. The molecule has 2 aromatic rings. The number of rotatable bonds is 4. The maximum absolute atomic E-state index is 12.3. The van der Waals surface area contributed by atoms with Gasteiger partial charge in [0.2, 0.25) is 0 Å². The van der Waals surface area contributed by atoms with Crippen molar-refractivity contribution in [2.75, 3.05) is 0 Å².